The van der Waals surface area contributed by atoms with Gasteiger partial charge in [-0.15, -0.1) is 0 Å². The number of hydrogen-bond donors (Lipinski definition) is 4. The SMILES string of the molecule is CCCCCCCC/C=C\CCCCCCCCCCCC(=O)OC(COCCCCCCCCCCCCCCCCCCCCCCCCCCC)COC1OC(CO)C(O)C(OS(=O)(=O)O)C1O. The molecule has 0 aromatic carbocycles. The van der Waals surface area contributed by atoms with Gasteiger partial charge < -0.3 is 34.3 Å². The Bertz CT molecular complexity index is 1280. The number of aliphatic hydroxyl groups excluding tert-OH is 3. The standard InChI is InChI=1S/C58H112O12S/c1-3-5-7-9-11-13-15-17-19-21-23-24-25-26-27-28-30-32-34-36-38-40-42-44-46-48-66-50-52(51-67-58-56(62)57(70-71(63,64)65)55(61)53(49-59)69-58)68-54(60)47-45-43-41-39-37-35-33-31-29-22-20-18-16-14-12-10-8-6-4-2/h18,20,52-53,55-59,61-62H,3-17,19,21-51H2,1-2H3,(H,63,64,65)/b20-18-. The van der Waals surface area contributed by atoms with Gasteiger partial charge in [0, 0.05) is 13.0 Å². The van der Waals surface area contributed by atoms with E-state index in [1.165, 1.54) is 225 Å². The zero-order valence-electron chi connectivity index (χ0n) is 45.8. The quantitative estimate of drug-likeness (QED) is 0.0196. The summed E-state index contributed by atoms with van der Waals surface area (Å²) >= 11 is 0. The second-order valence-electron chi connectivity index (χ2n) is 20.9. The Labute approximate surface area is 436 Å². The highest BCUT2D eigenvalue weighted by Crippen LogP contribution is 2.26. The predicted molar refractivity (Wildman–Crippen MR) is 290 cm³/mol. The number of rotatable bonds is 54. The Morgan fingerprint density at radius 1 is 0.521 bits per heavy atom. The molecule has 0 aromatic heterocycles. The molecule has 1 saturated heterocycles. The van der Waals surface area contributed by atoms with Crippen LogP contribution in [0.5, 0.6) is 0 Å². The lowest BCUT2D eigenvalue weighted by Gasteiger charge is -2.41. The van der Waals surface area contributed by atoms with Gasteiger partial charge in [0.1, 0.15) is 30.5 Å². The fourth-order valence-corrected chi connectivity index (χ4v) is 10.1. The lowest BCUT2D eigenvalue weighted by molar-refractivity contribution is -0.301. The molecular weight excluding hydrogens is 921 g/mol. The van der Waals surface area contributed by atoms with Gasteiger partial charge in [0.2, 0.25) is 0 Å². The first kappa shape index (κ1) is 67.9. The van der Waals surface area contributed by atoms with Crippen LogP contribution in [0.25, 0.3) is 0 Å². The van der Waals surface area contributed by atoms with Gasteiger partial charge in [-0.25, -0.2) is 4.18 Å². The zero-order chi connectivity index (χ0) is 51.7. The van der Waals surface area contributed by atoms with Crippen LogP contribution in [-0.4, -0.2) is 97.5 Å². The van der Waals surface area contributed by atoms with Gasteiger partial charge in [0.05, 0.1) is 19.8 Å². The number of hydrogen-bond acceptors (Lipinski definition) is 11. The second-order valence-corrected chi connectivity index (χ2v) is 22.0. The average Bonchev–Trinajstić information content (AvgIpc) is 3.35. The summed E-state index contributed by atoms with van der Waals surface area (Å²) < 4.78 is 59.5. The summed E-state index contributed by atoms with van der Waals surface area (Å²) in [5.74, 6) is -0.394. The van der Waals surface area contributed by atoms with Gasteiger partial charge in [0.15, 0.2) is 6.29 Å². The Morgan fingerprint density at radius 2 is 0.887 bits per heavy atom. The predicted octanol–water partition coefficient (Wildman–Crippen LogP) is 14.9. The topological polar surface area (TPSA) is 178 Å². The molecule has 4 N–H and O–H groups in total. The molecule has 422 valence electrons. The molecule has 6 unspecified atom stereocenters. The minimum absolute atomic E-state index is 0.0421. The monoisotopic (exact) mass is 1030 g/mol. The number of aliphatic hydroxyl groups is 3. The van der Waals surface area contributed by atoms with Gasteiger partial charge in [-0.05, 0) is 38.5 Å². The summed E-state index contributed by atoms with van der Waals surface area (Å²) in [7, 11) is -5.06. The van der Waals surface area contributed by atoms with E-state index in [0.717, 1.165) is 38.5 Å². The smallest absolute Gasteiger partial charge is 0.397 e. The molecular formula is C58H112O12S. The summed E-state index contributed by atoms with van der Waals surface area (Å²) in [6.07, 6.45) is 49.7. The van der Waals surface area contributed by atoms with E-state index in [2.05, 4.69) is 30.2 Å². The third-order valence-corrected chi connectivity index (χ3v) is 14.6. The zero-order valence-corrected chi connectivity index (χ0v) is 46.6. The van der Waals surface area contributed by atoms with Gasteiger partial charge in [-0.2, -0.15) is 8.42 Å². The van der Waals surface area contributed by atoms with Crippen molar-refractivity contribution in [3.05, 3.63) is 12.2 Å². The maximum absolute atomic E-state index is 13.0. The molecule has 13 heteroatoms. The first-order chi connectivity index (χ1) is 34.6. The van der Waals surface area contributed by atoms with Crippen molar-refractivity contribution in [1.29, 1.82) is 0 Å². The summed E-state index contributed by atoms with van der Waals surface area (Å²) in [4.78, 5) is 13.0. The number of carbonyl (C=O) groups is 1. The fourth-order valence-electron chi connectivity index (χ4n) is 9.61. The van der Waals surface area contributed by atoms with Gasteiger partial charge in [-0.3, -0.25) is 9.35 Å². The van der Waals surface area contributed by atoms with Crippen LogP contribution in [0.4, 0.5) is 0 Å². The van der Waals surface area contributed by atoms with Crippen molar-refractivity contribution >= 4 is 16.4 Å². The molecule has 12 nitrogen and oxygen atoms in total. The van der Waals surface area contributed by atoms with Crippen molar-refractivity contribution in [2.45, 2.75) is 327 Å². The highest BCUT2D eigenvalue weighted by Gasteiger charge is 2.48. The van der Waals surface area contributed by atoms with Gasteiger partial charge in [-0.1, -0.05) is 257 Å². The highest BCUT2D eigenvalue weighted by atomic mass is 32.3. The maximum Gasteiger partial charge on any atom is 0.397 e. The Morgan fingerprint density at radius 3 is 1.27 bits per heavy atom. The van der Waals surface area contributed by atoms with Crippen LogP contribution in [0.3, 0.4) is 0 Å². The average molecular weight is 1030 g/mol. The molecule has 0 aliphatic carbocycles. The van der Waals surface area contributed by atoms with Crippen LogP contribution in [0.2, 0.25) is 0 Å². The minimum Gasteiger partial charge on any atom is -0.457 e. The van der Waals surface area contributed by atoms with E-state index in [0.29, 0.717) is 13.0 Å². The van der Waals surface area contributed by atoms with E-state index >= 15 is 0 Å². The molecule has 1 aliphatic heterocycles. The van der Waals surface area contributed by atoms with Crippen LogP contribution in [0, 0.1) is 0 Å². The first-order valence-electron chi connectivity index (χ1n) is 29.9. The van der Waals surface area contributed by atoms with Gasteiger partial charge >= 0.3 is 16.4 Å². The molecule has 1 rings (SSSR count). The van der Waals surface area contributed by atoms with Crippen molar-refractivity contribution in [3.63, 3.8) is 0 Å². The van der Waals surface area contributed by atoms with E-state index in [1.54, 1.807) is 0 Å². The molecule has 1 aliphatic rings. The van der Waals surface area contributed by atoms with Crippen molar-refractivity contribution in [1.82, 2.24) is 0 Å². The summed E-state index contributed by atoms with van der Waals surface area (Å²) in [6, 6.07) is 0. The number of unbranched alkanes of at least 4 members (excludes halogenated alkanes) is 39. The van der Waals surface area contributed by atoms with Crippen LogP contribution in [0.15, 0.2) is 12.2 Å². The van der Waals surface area contributed by atoms with Crippen molar-refractivity contribution in [3.8, 4) is 0 Å². The van der Waals surface area contributed by atoms with E-state index in [-0.39, 0.29) is 19.6 Å². The van der Waals surface area contributed by atoms with Crippen LogP contribution in [-0.2, 0) is 38.3 Å². The largest absolute Gasteiger partial charge is 0.457 e. The lowest BCUT2D eigenvalue weighted by atomic mass is 9.99. The lowest BCUT2D eigenvalue weighted by Crippen LogP contribution is -2.60. The van der Waals surface area contributed by atoms with E-state index in [1.807, 2.05) is 0 Å². The minimum atomic E-state index is -5.06. The third kappa shape index (κ3) is 42.7. The van der Waals surface area contributed by atoms with Crippen LogP contribution < -0.4 is 0 Å². The van der Waals surface area contributed by atoms with E-state index < -0.39 is 59.8 Å². The number of carbonyl (C=O) groups excluding carboxylic acids is 1. The number of esters is 1. The second kappa shape index (κ2) is 49.7. The van der Waals surface area contributed by atoms with E-state index in [9.17, 15) is 33.1 Å². The van der Waals surface area contributed by atoms with Gasteiger partial charge in [0.25, 0.3) is 0 Å². The van der Waals surface area contributed by atoms with Crippen LogP contribution in [0.1, 0.15) is 290 Å². The molecule has 1 heterocycles. The third-order valence-electron chi connectivity index (χ3n) is 14.1. The van der Waals surface area contributed by atoms with Crippen molar-refractivity contribution < 1.29 is 56.2 Å². The van der Waals surface area contributed by atoms with Crippen LogP contribution >= 0.6 is 0 Å². The molecule has 6 atom stereocenters. The Kier molecular flexibility index (Phi) is 47.5. The maximum atomic E-state index is 13.0. The summed E-state index contributed by atoms with van der Waals surface area (Å²) in [5.41, 5.74) is 0. The summed E-state index contributed by atoms with van der Waals surface area (Å²) in [6.45, 7) is 4.06. The number of ether oxygens (including phenoxy) is 4. The first-order valence-corrected chi connectivity index (χ1v) is 31.3. The van der Waals surface area contributed by atoms with Crippen molar-refractivity contribution in [2.75, 3.05) is 26.4 Å². The molecule has 71 heavy (non-hydrogen) atoms. The molecule has 0 saturated carbocycles. The molecule has 1 fully saturated rings. The number of allylic oxidation sites excluding steroid dienone is 2. The van der Waals surface area contributed by atoms with E-state index in [4.69, 9.17) is 18.9 Å². The molecule has 0 radical (unpaired) electrons. The molecule has 0 amide bonds. The molecule has 0 bridgehead atoms. The van der Waals surface area contributed by atoms with Crippen molar-refractivity contribution in [2.24, 2.45) is 0 Å². The normalized spacial score (nSPS) is 19.0. The molecule has 0 aromatic rings. The fraction of sp³-hybridized carbons (Fsp3) is 0.948. The highest BCUT2D eigenvalue weighted by molar-refractivity contribution is 7.80. The summed E-state index contributed by atoms with van der Waals surface area (Å²) in [5, 5.41) is 30.8. The Balaban J connectivity index is 2.25. The Hall–Kier alpha value is -1.16. The molecule has 0 spiro atoms.